The Balaban J connectivity index is 2.31. The first-order valence-corrected chi connectivity index (χ1v) is 6.25. The minimum absolute atomic E-state index is 0.699. The second kappa shape index (κ2) is 4.43. The Bertz CT molecular complexity index is 705. The summed E-state index contributed by atoms with van der Waals surface area (Å²) in [5.41, 5.74) is 4.15. The zero-order valence-electron chi connectivity index (χ0n) is 10.0. The first-order chi connectivity index (χ1) is 8.75. The molecule has 2 heteroatoms. The van der Waals surface area contributed by atoms with Crippen molar-refractivity contribution in [1.82, 2.24) is 4.98 Å². The van der Waals surface area contributed by atoms with Gasteiger partial charge in [0.1, 0.15) is 0 Å². The Morgan fingerprint density at radius 2 is 1.72 bits per heavy atom. The SMILES string of the molecule is Cc1cc2cccc(Cl)c2nc1-c1ccccc1. The van der Waals surface area contributed by atoms with Gasteiger partial charge in [-0.15, -0.1) is 0 Å². The molecule has 0 aliphatic carbocycles. The van der Waals surface area contributed by atoms with Crippen LogP contribution in [0.1, 0.15) is 5.56 Å². The molecule has 1 heterocycles. The van der Waals surface area contributed by atoms with Crippen molar-refractivity contribution in [2.24, 2.45) is 0 Å². The van der Waals surface area contributed by atoms with E-state index in [0.717, 1.165) is 27.7 Å². The van der Waals surface area contributed by atoms with Gasteiger partial charge in [0.25, 0.3) is 0 Å². The van der Waals surface area contributed by atoms with Crippen LogP contribution < -0.4 is 0 Å². The number of aryl methyl sites for hydroxylation is 1. The highest BCUT2D eigenvalue weighted by atomic mass is 35.5. The van der Waals surface area contributed by atoms with Crippen molar-refractivity contribution >= 4 is 22.5 Å². The van der Waals surface area contributed by atoms with E-state index in [1.54, 1.807) is 0 Å². The first-order valence-electron chi connectivity index (χ1n) is 5.87. The van der Waals surface area contributed by atoms with E-state index in [9.17, 15) is 0 Å². The number of hydrogen-bond acceptors (Lipinski definition) is 1. The van der Waals surface area contributed by atoms with Gasteiger partial charge in [-0.25, -0.2) is 4.98 Å². The minimum Gasteiger partial charge on any atom is -0.246 e. The van der Waals surface area contributed by atoms with Crippen LogP contribution in [0.3, 0.4) is 0 Å². The standard InChI is InChI=1S/C16H12ClN/c1-11-10-13-8-5-9-14(17)16(13)18-15(11)12-6-3-2-4-7-12/h2-10H,1H3. The lowest BCUT2D eigenvalue weighted by Gasteiger charge is -2.08. The normalized spacial score (nSPS) is 10.8. The lowest BCUT2D eigenvalue weighted by molar-refractivity contribution is 1.33. The molecule has 1 nitrogen and oxygen atoms in total. The number of benzene rings is 2. The molecule has 88 valence electrons. The number of pyridine rings is 1. The fraction of sp³-hybridized carbons (Fsp3) is 0.0625. The lowest BCUT2D eigenvalue weighted by Crippen LogP contribution is -1.90. The van der Waals surface area contributed by atoms with E-state index in [-0.39, 0.29) is 0 Å². The van der Waals surface area contributed by atoms with Gasteiger partial charge in [0.15, 0.2) is 0 Å². The van der Waals surface area contributed by atoms with Crippen LogP contribution in [0.4, 0.5) is 0 Å². The number of rotatable bonds is 1. The third kappa shape index (κ3) is 1.87. The Morgan fingerprint density at radius 1 is 0.944 bits per heavy atom. The highest BCUT2D eigenvalue weighted by molar-refractivity contribution is 6.35. The molecule has 3 rings (SSSR count). The summed E-state index contributed by atoms with van der Waals surface area (Å²) >= 11 is 6.21. The van der Waals surface area contributed by atoms with Crippen LogP contribution in [-0.4, -0.2) is 4.98 Å². The monoisotopic (exact) mass is 253 g/mol. The summed E-state index contributed by atoms with van der Waals surface area (Å²) in [6, 6.07) is 18.2. The predicted molar refractivity (Wildman–Crippen MR) is 76.9 cm³/mol. The second-order valence-corrected chi connectivity index (χ2v) is 4.74. The molecule has 0 unspecified atom stereocenters. The van der Waals surface area contributed by atoms with Gasteiger partial charge in [0, 0.05) is 10.9 Å². The Labute approximate surface area is 111 Å². The molecule has 2 aromatic carbocycles. The molecule has 0 aliphatic heterocycles. The zero-order chi connectivity index (χ0) is 12.5. The summed E-state index contributed by atoms with van der Waals surface area (Å²) in [7, 11) is 0. The molecule has 0 radical (unpaired) electrons. The third-order valence-electron chi connectivity index (χ3n) is 3.03. The van der Waals surface area contributed by atoms with Crippen LogP contribution in [0.5, 0.6) is 0 Å². The molecule has 0 N–H and O–H groups in total. The fourth-order valence-electron chi connectivity index (χ4n) is 2.16. The van der Waals surface area contributed by atoms with Crippen LogP contribution in [-0.2, 0) is 0 Å². The lowest BCUT2D eigenvalue weighted by atomic mass is 10.0. The van der Waals surface area contributed by atoms with Crippen molar-refractivity contribution in [2.45, 2.75) is 6.92 Å². The van der Waals surface area contributed by atoms with Crippen molar-refractivity contribution in [3.63, 3.8) is 0 Å². The maximum absolute atomic E-state index is 6.21. The zero-order valence-corrected chi connectivity index (χ0v) is 10.8. The molecule has 0 atom stereocenters. The minimum atomic E-state index is 0.699. The molecule has 0 spiro atoms. The average molecular weight is 254 g/mol. The van der Waals surface area contributed by atoms with E-state index in [0.29, 0.717) is 5.02 Å². The molecule has 1 aromatic heterocycles. The molecule has 18 heavy (non-hydrogen) atoms. The van der Waals surface area contributed by atoms with Gasteiger partial charge in [0.2, 0.25) is 0 Å². The first kappa shape index (κ1) is 11.2. The number of para-hydroxylation sites is 1. The number of nitrogens with zero attached hydrogens (tertiary/aromatic N) is 1. The topological polar surface area (TPSA) is 12.9 Å². The number of halogens is 1. The summed E-state index contributed by atoms with van der Waals surface area (Å²) in [6.07, 6.45) is 0. The summed E-state index contributed by atoms with van der Waals surface area (Å²) < 4.78 is 0. The maximum atomic E-state index is 6.21. The molecule has 3 aromatic rings. The Morgan fingerprint density at radius 3 is 2.50 bits per heavy atom. The average Bonchev–Trinajstić information content (AvgIpc) is 2.39. The number of fused-ring (bicyclic) bond motifs is 1. The highest BCUT2D eigenvalue weighted by Crippen LogP contribution is 2.28. The second-order valence-electron chi connectivity index (χ2n) is 4.33. The predicted octanol–water partition coefficient (Wildman–Crippen LogP) is 4.86. The molecule has 0 amide bonds. The van der Waals surface area contributed by atoms with Gasteiger partial charge in [-0.3, -0.25) is 0 Å². The molecule has 0 saturated heterocycles. The van der Waals surface area contributed by atoms with Crippen molar-refractivity contribution in [1.29, 1.82) is 0 Å². The van der Waals surface area contributed by atoms with Crippen LogP contribution >= 0.6 is 11.6 Å². The third-order valence-corrected chi connectivity index (χ3v) is 3.34. The quantitative estimate of drug-likeness (QED) is 0.603. The van der Waals surface area contributed by atoms with Crippen molar-refractivity contribution in [2.75, 3.05) is 0 Å². The van der Waals surface area contributed by atoms with Gasteiger partial charge >= 0.3 is 0 Å². The van der Waals surface area contributed by atoms with E-state index in [4.69, 9.17) is 16.6 Å². The number of hydrogen-bond donors (Lipinski definition) is 0. The van der Waals surface area contributed by atoms with E-state index >= 15 is 0 Å². The molecular formula is C16H12ClN. The van der Waals surface area contributed by atoms with E-state index in [1.165, 1.54) is 0 Å². The Hall–Kier alpha value is -1.86. The van der Waals surface area contributed by atoms with Crippen LogP contribution in [0.15, 0.2) is 54.6 Å². The smallest absolute Gasteiger partial charge is 0.0895 e. The van der Waals surface area contributed by atoms with Gasteiger partial charge in [-0.1, -0.05) is 54.1 Å². The van der Waals surface area contributed by atoms with E-state index < -0.39 is 0 Å². The van der Waals surface area contributed by atoms with Crippen molar-refractivity contribution in [3.8, 4) is 11.3 Å². The molecular weight excluding hydrogens is 242 g/mol. The van der Waals surface area contributed by atoms with Gasteiger partial charge in [-0.05, 0) is 24.6 Å². The fourth-order valence-corrected chi connectivity index (χ4v) is 2.38. The van der Waals surface area contributed by atoms with Crippen molar-refractivity contribution < 1.29 is 0 Å². The van der Waals surface area contributed by atoms with Crippen LogP contribution in [0.2, 0.25) is 5.02 Å². The van der Waals surface area contributed by atoms with Crippen molar-refractivity contribution in [3.05, 3.63) is 65.2 Å². The summed E-state index contributed by atoms with van der Waals surface area (Å²) in [6.45, 7) is 2.08. The van der Waals surface area contributed by atoms with E-state index in [1.807, 2.05) is 36.4 Å². The van der Waals surface area contributed by atoms with Gasteiger partial charge in [0.05, 0.1) is 16.2 Å². The summed E-state index contributed by atoms with van der Waals surface area (Å²) in [4.78, 5) is 4.71. The van der Waals surface area contributed by atoms with Gasteiger partial charge < -0.3 is 0 Å². The summed E-state index contributed by atoms with van der Waals surface area (Å²) in [5.74, 6) is 0. The van der Waals surface area contributed by atoms with E-state index in [2.05, 4.69) is 25.1 Å². The number of aromatic nitrogens is 1. The van der Waals surface area contributed by atoms with Crippen LogP contribution in [0, 0.1) is 6.92 Å². The molecule has 0 bridgehead atoms. The van der Waals surface area contributed by atoms with Crippen LogP contribution in [0.25, 0.3) is 22.2 Å². The summed E-state index contributed by atoms with van der Waals surface area (Å²) in [5, 5.41) is 1.78. The largest absolute Gasteiger partial charge is 0.246 e. The molecule has 0 saturated carbocycles. The van der Waals surface area contributed by atoms with Gasteiger partial charge in [-0.2, -0.15) is 0 Å². The molecule has 0 aliphatic rings. The highest BCUT2D eigenvalue weighted by Gasteiger charge is 2.07. The molecule has 0 fully saturated rings. The Kier molecular flexibility index (Phi) is 2.77. The maximum Gasteiger partial charge on any atom is 0.0895 e.